The quantitative estimate of drug-likeness (QED) is 0.860. The summed E-state index contributed by atoms with van der Waals surface area (Å²) in [6, 6.07) is 7.31. The van der Waals surface area contributed by atoms with Crippen molar-refractivity contribution in [2.24, 2.45) is 0 Å². The lowest BCUT2D eigenvalue weighted by Gasteiger charge is -2.14. The second-order valence-corrected chi connectivity index (χ2v) is 4.40. The van der Waals surface area contributed by atoms with Gasteiger partial charge in [-0.05, 0) is 25.5 Å². The third kappa shape index (κ3) is 3.40. The van der Waals surface area contributed by atoms with Crippen molar-refractivity contribution in [2.45, 2.75) is 26.3 Å². The van der Waals surface area contributed by atoms with Crippen LogP contribution in [0.15, 0.2) is 30.5 Å². The van der Waals surface area contributed by atoms with E-state index < -0.39 is 0 Å². The Morgan fingerprint density at radius 3 is 2.79 bits per heavy atom. The maximum absolute atomic E-state index is 11.7. The molecule has 0 aliphatic heterocycles. The van der Waals surface area contributed by atoms with Crippen LogP contribution < -0.4 is 10.6 Å². The minimum atomic E-state index is -0.331. The third-order valence-corrected chi connectivity index (χ3v) is 2.76. The van der Waals surface area contributed by atoms with Crippen LogP contribution in [0.1, 0.15) is 20.3 Å². The van der Waals surface area contributed by atoms with Gasteiger partial charge in [0.2, 0.25) is 5.91 Å². The maximum atomic E-state index is 11.7. The van der Waals surface area contributed by atoms with E-state index in [2.05, 4.69) is 20.6 Å². The van der Waals surface area contributed by atoms with E-state index in [4.69, 9.17) is 0 Å². The summed E-state index contributed by atoms with van der Waals surface area (Å²) < 4.78 is 0. The zero-order valence-electron chi connectivity index (χ0n) is 11.2. The lowest BCUT2D eigenvalue weighted by molar-refractivity contribution is -0.121. The number of aromatic nitrogens is 2. The Bertz CT molecular complexity index is 570. The number of anilines is 1. The molecule has 0 saturated heterocycles. The number of hydrogen-bond donors (Lipinski definition) is 2. The van der Waals surface area contributed by atoms with Gasteiger partial charge in [-0.3, -0.25) is 9.78 Å². The lowest BCUT2D eigenvalue weighted by atomic mass is 10.3. The number of carbonyl (C=O) groups excluding carboxylic acids is 1. The minimum Gasteiger partial charge on any atom is -0.357 e. The summed E-state index contributed by atoms with van der Waals surface area (Å²) in [5.41, 5.74) is 1.66. The van der Waals surface area contributed by atoms with Gasteiger partial charge in [-0.25, -0.2) is 4.98 Å². The predicted octanol–water partition coefficient (Wildman–Crippen LogP) is 1.96. The Hall–Kier alpha value is -2.17. The van der Waals surface area contributed by atoms with Gasteiger partial charge in [-0.1, -0.05) is 19.1 Å². The monoisotopic (exact) mass is 258 g/mol. The summed E-state index contributed by atoms with van der Waals surface area (Å²) in [5, 5.41) is 5.90. The molecule has 19 heavy (non-hydrogen) atoms. The van der Waals surface area contributed by atoms with E-state index in [1.165, 1.54) is 0 Å². The number of para-hydroxylation sites is 2. The van der Waals surface area contributed by atoms with E-state index in [0.29, 0.717) is 12.4 Å². The molecule has 1 heterocycles. The van der Waals surface area contributed by atoms with E-state index in [0.717, 1.165) is 17.5 Å². The Labute approximate surface area is 112 Å². The summed E-state index contributed by atoms with van der Waals surface area (Å²) in [5.74, 6) is 0.578. The molecule has 1 atom stereocenters. The maximum Gasteiger partial charge on any atom is 0.242 e. The molecule has 1 aromatic carbocycles. The van der Waals surface area contributed by atoms with E-state index in [9.17, 15) is 4.79 Å². The van der Waals surface area contributed by atoms with E-state index >= 15 is 0 Å². The molecule has 1 amide bonds. The van der Waals surface area contributed by atoms with Gasteiger partial charge in [0, 0.05) is 6.54 Å². The molecular formula is C14H18N4O. The Morgan fingerprint density at radius 2 is 2.05 bits per heavy atom. The van der Waals surface area contributed by atoms with Gasteiger partial charge in [0.05, 0.1) is 17.2 Å². The molecule has 1 aromatic heterocycles. The first-order valence-corrected chi connectivity index (χ1v) is 6.46. The molecule has 2 rings (SSSR count). The van der Waals surface area contributed by atoms with Crippen molar-refractivity contribution < 1.29 is 4.79 Å². The normalized spacial score (nSPS) is 12.1. The highest BCUT2D eigenvalue weighted by molar-refractivity contribution is 5.84. The van der Waals surface area contributed by atoms with Crippen LogP contribution in [-0.2, 0) is 4.79 Å². The minimum absolute atomic E-state index is 0.0307. The zero-order valence-corrected chi connectivity index (χ0v) is 11.2. The molecule has 0 aliphatic rings. The summed E-state index contributed by atoms with van der Waals surface area (Å²) >= 11 is 0. The van der Waals surface area contributed by atoms with Crippen molar-refractivity contribution in [1.82, 2.24) is 15.3 Å². The summed E-state index contributed by atoms with van der Waals surface area (Å²) in [6.07, 6.45) is 2.57. The highest BCUT2D eigenvalue weighted by Gasteiger charge is 2.12. The third-order valence-electron chi connectivity index (χ3n) is 2.76. The topological polar surface area (TPSA) is 66.9 Å². The molecule has 0 fully saturated rings. The summed E-state index contributed by atoms with van der Waals surface area (Å²) in [6.45, 7) is 4.52. The number of benzene rings is 1. The van der Waals surface area contributed by atoms with Gasteiger partial charge in [-0.2, -0.15) is 0 Å². The van der Waals surface area contributed by atoms with Crippen molar-refractivity contribution in [2.75, 3.05) is 11.9 Å². The van der Waals surface area contributed by atoms with Gasteiger partial charge in [0.1, 0.15) is 11.9 Å². The number of rotatable bonds is 5. The van der Waals surface area contributed by atoms with Crippen LogP contribution in [-0.4, -0.2) is 28.5 Å². The number of carbonyl (C=O) groups is 1. The molecule has 0 spiro atoms. The van der Waals surface area contributed by atoms with Gasteiger partial charge < -0.3 is 10.6 Å². The van der Waals surface area contributed by atoms with Crippen LogP contribution in [0.25, 0.3) is 11.0 Å². The van der Waals surface area contributed by atoms with Crippen molar-refractivity contribution >= 4 is 22.8 Å². The number of nitrogens with zero attached hydrogens (tertiary/aromatic N) is 2. The molecule has 100 valence electrons. The second-order valence-electron chi connectivity index (χ2n) is 4.40. The molecule has 0 aliphatic carbocycles. The van der Waals surface area contributed by atoms with Gasteiger partial charge in [0.25, 0.3) is 0 Å². The van der Waals surface area contributed by atoms with Crippen molar-refractivity contribution in [3.05, 3.63) is 30.5 Å². The van der Waals surface area contributed by atoms with Crippen LogP contribution >= 0.6 is 0 Å². The van der Waals surface area contributed by atoms with Crippen molar-refractivity contribution in [3.8, 4) is 0 Å². The molecule has 0 bridgehead atoms. The molecule has 2 N–H and O–H groups in total. The number of hydrogen-bond acceptors (Lipinski definition) is 4. The van der Waals surface area contributed by atoms with Crippen LogP contribution in [0.5, 0.6) is 0 Å². The van der Waals surface area contributed by atoms with Crippen molar-refractivity contribution in [1.29, 1.82) is 0 Å². The SMILES string of the molecule is CCCNC(=O)C(C)Nc1cnc2ccccc2n1. The lowest BCUT2D eigenvalue weighted by Crippen LogP contribution is -2.38. The van der Waals surface area contributed by atoms with Crippen LogP contribution in [0, 0.1) is 0 Å². The first-order chi connectivity index (χ1) is 9.20. The largest absolute Gasteiger partial charge is 0.357 e. The van der Waals surface area contributed by atoms with Crippen molar-refractivity contribution in [3.63, 3.8) is 0 Å². The van der Waals surface area contributed by atoms with Crippen LogP contribution in [0.4, 0.5) is 5.82 Å². The predicted molar refractivity (Wildman–Crippen MR) is 75.9 cm³/mol. The molecule has 0 saturated carbocycles. The fourth-order valence-corrected chi connectivity index (χ4v) is 1.72. The average molecular weight is 258 g/mol. The Kier molecular flexibility index (Phi) is 4.28. The molecular weight excluding hydrogens is 240 g/mol. The van der Waals surface area contributed by atoms with E-state index in [1.807, 2.05) is 38.1 Å². The van der Waals surface area contributed by atoms with E-state index in [-0.39, 0.29) is 11.9 Å². The van der Waals surface area contributed by atoms with Gasteiger partial charge in [-0.15, -0.1) is 0 Å². The number of fused-ring (bicyclic) bond motifs is 1. The summed E-state index contributed by atoms with van der Waals surface area (Å²) in [4.78, 5) is 20.5. The molecule has 0 radical (unpaired) electrons. The number of amides is 1. The second kappa shape index (κ2) is 6.13. The van der Waals surface area contributed by atoms with E-state index in [1.54, 1.807) is 6.20 Å². The Morgan fingerprint density at radius 1 is 1.32 bits per heavy atom. The fraction of sp³-hybridized carbons (Fsp3) is 0.357. The highest BCUT2D eigenvalue weighted by atomic mass is 16.2. The Balaban J connectivity index is 2.06. The zero-order chi connectivity index (χ0) is 13.7. The first-order valence-electron chi connectivity index (χ1n) is 6.46. The molecule has 5 heteroatoms. The van der Waals surface area contributed by atoms with Crippen LogP contribution in [0.3, 0.4) is 0 Å². The standard InChI is InChI=1S/C14H18N4O/c1-3-8-15-14(19)10(2)17-13-9-16-11-6-4-5-7-12(11)18-13/h4-7,9-10H,3,8H2,1-2H3,(H,15,19)(H,17,18). The average Bonchev–Trinajstić information content (AvgIpc) is 2.44. The summed E-state index contributed by atoms with van der Waals surface area (Å²) in [7, 11) is 0. The molecule has 1 unspecified atom stereocenters. The van der Waals surface area contributed by atoms with Gasteiger partial charge in [0.15, 0.2) is 0 Å². The fourth-order valence-electron chi connectivity index (χ4n) is 1.72. The molecule has 5 nitrogen and oxygen atoms in total. The number of nitrogens with one attached hydrogen (secondary N) is 2. The molecule has 2 aromatic rings. The first kappa shape index (κ1) is 13.3. The van der Waals surface area contributed by atoms with Gasteiger partial charge >= 0.3 is 0 Å². The highest BCUT2D eigenvalue weighted by Crippen LogP contribution is 2.11. The van der Waals surface area contributed by atoms with Crippen LogP contribution in [0.2, 0.25) is 0 Å². The smallest absolute Gasteiger partial charge is 0.242 e.